The van der Waals surface area contributed by atoms with Crippen molar-refractivity contribution in [1.29, 1.82) is 0 Å². The molecule has 0 spiro atoms. The van der Waals surface area contributed by atoms with Crippen LogP contribution in [0.3, 0.4) is 0 Å². The number of carbonyl (C=O) groups excluding carboxylic acids is 1. The Balaban J connectivity index is 1.80. The maximum Gasteiger partial charge on any atom is 0.341 e. The molecule has 0 bridgehead atoms. The zero-order valence-corrected chi connectivity index (χ0v) is 14.7. The number of aliphatic carboxylic acids is 1. The van der Waals surface area contributed by atoms with Gasteiger partial charge in [0.25, 0.3) is 5.91 Å². The van der Waals surface area contributed by atoms with Crippen molar-refractivity contribution in [3.05, 3.63) is 59.7 Å². The van der Waals surface area contributed by atoms with Crippen LogP contribution < -0.4 is 14.8 Å². The lowest BCUT2D eigenvalue weighted by Crippen LogP contribution is -2.25. The van der Waals surface area contributed by atoms with E-state index in [1.165, 1.54) is 0 Å². The first-order valence-electron chi connectivity index (χ1n) is 8.53. The summed E-state index contributed by atoms with van der Waals surface area (Å²) in [4.78, 5) is 22.7. The molecule has 0 saturated carbocycles. The van der Waals surface area contributed by atoms with Gasteiger partial charge in [0, 0.05) is 12.1 Å². The summed E-state index contributed by atoms with van der Waals surface area (Å²) in [6.07, 6.45) is 1.58. The molecule has 2 aromatic carbocycles. The molecule has 2 N–H and O–H groups in total. The van der Waals surface area contributed by atoms with Gasteiger partial charge in [-0.25, -0.2) is 4.79 Å². The fraction of sp³-hybridized carbons (Fsp3) is 0.300. The Morgan fingerprint density at radius 2 is 1.81 bits per heavy atom. The number of carboxylic acid groups (broad SMARTS) is 1. The summed E-state index contributed by atoms with van der Waals surface area (Å²) in [6.45, 7) is 2.78. The lowest BCUT2D eigenvalue weighted by molar-refractivity contribution is -0.139. The third-order valence-corrected chi connectivity index (χ3v) is 3.55. The Bertz CT molecular complexity index is 727. The lowest BCUT2D eigenvalue weighted by Gasteiger charge is -2.09. The molecule has 0 unspecified atom stereocenters. The molecule has 0 aromatic heterocycles. The first-order chi connectivity index (χ1) is 12.6. The number of ether oxygens (including phenoxy) is 2. The summed E-state index contributed by atoms with van der Waals surface area (Å²) < 4.78 is 10.6. The predicted molar refractivity (Wildman–Crippen MR) is 97.8 cm³/mol. The van der Waals surface area contributed by atoms with Gasteiger partial charge in [-0.1, -0.05) is 25.1 Å². The van der Waals surface area contributed by atoms with Gasteiger partial charge in [0.2, 0.25) is 0 Å². The van der Waals surface area contributed by atoms with Gasteiger partial charge in [-0.15, -0.1) is 0 Å². The van der Waals surface area contributed by atoms with Crippen LogP contribution in [0.1, 0.15) is 29.3 Å². The van der Waals surface area contributed by atoms with Crippen LogP contribution in [0.25, 0.3) is 0 Å². The molecule has 0 aliphatic heterocycles. The van der Waals surface area contributed by atoms with Crippen molar-refractivity contribution in [3.8, 4) is 11.5 Å². The average molecular weight is 357 g/mol. The molecule has 26 heavy (non-hydrogen) atoms. The molecule has 0 aliphatic rings. The quantitative estimate of drug-likeness (QED) is 0.683. The largest absolute Gasteiger partial charge is 0.494 e. The molecular formula is C20H23NO5. The molecule has 6 heteroatoms. The van der Waals surface area contributed by atoms with Crippen LogP contribution in [0.2, 0.25) is 0 Å². The smallest absolute Gasteiger partial charge is 0.341 e. The molecule has 2 aromatic rings. The van der Waals surface area contributed by atoms with E-state index in [1.807, 2.05) is 25.1 Å². The van der Waals surface area contributed by atoms with Crippen molar-refractivity contribution in [2.45, 2.75) is 19.8 Å². The van der Waals surface area contributed by atoms with Crippen LogP contribution >= 0.6 is 0 Å². The van der Waals surface area contributed by atoms with Crippen LogP contribution in [0.5, 0.6) is 11.5 Å². The Hall–Kier alpha value is -3.02. The molecule has 0 saturated heterocycles. The van der Waals surface area contributed by atoms with E-state index in [2.05, 4.69) is 5.32 Å². The number of rotatable bonds is 10. The van der Waals surface area contributed by atoms with Gasteiger partial charge in [-0.3, -0.25) is 4.79 Å². The third-order valence-electron chi connectivity index (χ3n) is 3.55. The molecule has 0 fully saturated rings. The number of nitrogens with one attached hydrogen (secondary N) is 1. The van der Waals surface area contributed by atoms with Gasteiger partial charge in [-0.05, 0) is 48.7 Å². The van der Waals surface area contributed by atoms with Crippen LogP contribution in [0, 0.1) is 0 Å². The summed E-state index contributed by atoms with van der Waals surface area (Å²) in [6, 6.07) is 14.3. The number of amides is 1. The highest BCUT2D eigenvalue weighted by Gasteiger charge is 2.06. The van der Waals surface area contributed by atoms with Gasteiger partial charge in [0.15, 0.2) is 6.61 Å². The van der Waals surface area contributed by atoms with Gasteiger partial charge >= 0.3 is 5.97 Å². The Morgan fingerprint density at radius 1 is 1.04 bits per heavy atom. The monoisotopic (exact) mass is 357 g/mol. The van der Waals surface area contributed by atoms with Crippen molar-refractivity contribution in [3.63, 3.8) is 0 Å². The predicted octanol–water partition coefficient (Wildman–Crippen LogP) is 2.91. The molecule has 0 atom stereocenters. The lowest BCUT2D eigenvalue weighted by atomic mass is 10.1. The number of benzene rings is 2. The van der Waals surface area contributed by atoms with Gasteiger partial charge in [-0.2, -0.15) is 0 Å². The standard InChI is InChI=1S/C20H23NO5/c1-2-12-25-18-5-3-4-16(13-18)20(24)21-11-10-15-6-8-17(9-7-15)26-14-19(22)23/h3-9,13H,2,10-12,14H2,1H3,(H,21,24)(H,22,23). The third kappa shape index (κ3) is 6.47. The minimum absolute atomic E-state index is 0.145. The Kier molecular flexibility index (Phi) is 7.49. The fourth-order valence-electron chi connectivity index (χ4n) is 2.27. The van der Waals surface area contributed by atoms with Crippen LogP contribution in [0.4, 0.5) is 0 Å². The first kappa shape index (κ1) is 19.3. The molecule has 0 aliphatic carbocycles. The molecule has 1 amide bonds. The molecule has 0 radical (unpaired) electrons. The van der Waals surface area contributed by atoms with Gasteiger partial charge in [0.05, 0.1) is 6.61 Å². The molecular weight excluding hydrogens is 334 g/mol. The Morgan fingerprint density at radius 3 is 2.50 bits per heavy atom. The zero-order chi connectivity index (χ0) is 18.8. The second-order valence-corrected chi connectivity index (χ2v) is 5.71. The molecule has 0 heterocycles. The van der Waals surface area contributed by atoms with Crippen molar-refractivity contribution in [1.82, 2.24) is 5.32 Å². The molecule has 138 valence electrons. The van der Waals surface area contributed by atoms with E-state index in [-0.39, 0.29) is 12.5 Å². The SMILES string of the molecule is CCCOc1cccc(C(=O)NCCc2ccc(OCC(=O)O)cc2)c1. The number of carboxylic acids is 1. The highest BCUT2D eigenvalue weighted by molar-refractivity contribution is 5.94. The van der Waals surface area contributed by atoms with Crippen LogP contribution in [-0.2, 0) is 11.2 Å². The molecule has 6 nitrogen and oxygen atoms in total. The van der Waals surface area contributed by atoms with Crippen molar-refractivity contribution in [2.75, 3.05) is 19.8 Å². The zero-order valence-electron chi connectivity index (χ0n) is 14.7. The maximum atomic E-state index is 12.2. The summed E-state index contributed by atoms with van der Waals surface area (Å²) >= 11 is 0. The fourth-order valence-corrected chi connectivity index (χ4v) is 2.27. The highest BCUT2D eigenvalue weighted by Crippen LogP contribution is 2.14. The average Bonchev–Trinajstić information content (AvgIpc) is 2.65. The van der Waals surface area contributed by atoms with Crippen LogP contribution in [-0.4, -0.2) is 36.7 Å². The van der Waals surface area contributed by atoms with Gasteiger partial charge < -0.3 is 19.9 Å². The number of carbonyl (C=O) groups is 2. The topological polar surface area (TPSA) is 84.9 Å². The van der Waals surface area contributed by atoms with Crippen molar-refractivity contribution in [2.24, 2.45) is 0 Å². The number of hydrogen-bond acceptors (Lipinski definition) is 4. The van der Waals surface area contributed by atoms with Crippen molar-refractivity contribution < 1.29 is 24.2 Å². The van der Waals surface area contributed by atoms with Gasteiger partial charge in [0.1, 0.15) is 11.5 Å². The minimum atomic E-state index is -1.01. The summed E-state index contributed by atoms with van der Waals surface area (Å²) in [5.41, 5.74) is 1.59. The Labute approximate surface area is 152 Å². The van der Waals surface area contributed by atoms with Crippen molar-refractivity contribution >= 4 is 11.9 Å². The first-order valence-corrected chi connectivity index (χ1v) is 8.53. The normalized spacial score (nSPS) is 10.2. The van der Waals surface area contributed by atoms with E-state index in [4.69, 9.17) is 14.6 Å². The van der Waals surface area contributed by atoms with E-state index in [0.717, 1.165) is 12.0 Å². The van der Waals surface area contributed by atoms with E-state index in [9.17, 15) is 9.59 Å². The summed E-state index contributed by atoms with van der Waals surface area (Å²) in [5, 5.41) is 11.5. The van der Waals surface area contributed by atoms with E-state index in [0.29, 0.717) is 36.6 Å². The second kappa shape index (κ2) is 10.1. The van der Waals surface area contributed by atoms with Crippen LogP contribution in [0.15, 0.2) is 48.5 Å². The summed E-state index contributed by atoms with van der Waals surface area (Å²) in [7, 11) is 0. The summed E-state index contributed by atoms with van der Waals surface area (Å²) in [5.74, 6) is 0.0369. The maximum absolute atomic E-state index is 12.2. The van der Waals surface area contributed by atoms with E-state index >= 15 is 0 Å². The molecule has 2 rings (SSSR count). The second-order valence-electron chi connectivity index (χ2n) is 5.71. The number of hydrogen-bond donors (Lipinski definition) is 2. The van der Waals surface area contributed by atoms with E-state index < -0.39 is 5.97 Å². The van der Waals surface area contributed by atoms with E-state index in [1.54, 1.807) is 30.3 Å². The highest BCUT2D eigenvalue weighted by atomic mass is 16.5. The minimum Gasteiger partial charge on any atom is -0.494 e.